The van der Waals surface area contributed by atoms with E-state index in [0.29, 0.717) is 16.6 Å². The molecular weight excluding hydrogens is 319 g/mol. The van der Waals surface area contributed by atoms with Crippen molar-refractivity contribution in [2.24, 2.45) is 0 Å². The van der Waals surface area contributed by atoms with Gasteiger partial charge in [-0.3, -0.25) is 9.48 Å². The Labute approximate surface area is 140 Å². The minimum Gasteiger partial charge on any atom is -0.359 e. The zero-order valence-electron chi connectivity index (χ0n) is 15.5. The van der Waals surface area contributed by atoms with Gasteiger partial charge in [0.05, 0.1) is 11.8 Å². The second-order valence-corrected chi connectivity index (χ2v) is 5.57. The van der Waals surface area contributed by atoms with Crippen LogP contribution in [0.3, 0.4) is 0 Å². The minimum atomic E-state index is -4.40. The summed E-state index contributed by atoms with van der Waals surface area (Å²) in [5, 5.41) is 4.29. The number of nitrogens with zero attached hydrogens (tertiary/aromatic N) is 2. The van der Waals surface area contributed by atoms with Gasteiger partial charge in [-0.1, -0.05) is 6.07 Å². The molecule has 2 aromatic heterocycles. The fourth-order valence-electron chi connectivity index (χ4n) is 2.52. The third-order valence-electron chi connectivity index (χ3n) is 3.62. The molecule has 2 heterocycles. The van der Waals surface area contributed by atoms with E-state index in [4.69, 9.17) is 4.11 Å². The number of rotatable bonds is 5. The monoisotopic (exact) mass is 338 g/mol. The highest BCUT2D eigenvalue weighted by Crippen LogP contribution is 2.19. The van der Waals surface area contributed by atoms with Crippen molar-refractivity contribution in [3.8, 4) is 0 Å². The maximum atomic E-state index is 12.3. The highest BCUT2D eigenvalue weighted by Gasteiger charge is 2.28. The molecule has 0 bridgehead atoms. The number of alkyl halides is 3. The lowest BCUT2D eigenvalue weighted by molar-refractivity contribution is -0.142. The summed E-state index contributed by atoms with van der Waals surface area (Å²) < 4.78 is 60.0. The maximum Gasteiger partial charge on any atom is 0.408 e. The molecular formula is C17H16F3N3O. The Hall–Kier alpha value is -2.57. The average Bonchev–Trinajstić information content (AvgIpc) is 3.16. The Morgan fingerprint density at radius 3 is 2.96 bits per heavy atom. The van der Waals surface area contributed by atoms with Crippen molar-refractivity contribution < 1.29 is 22.1 Å². The number of nitrogens with one attached hydrogen (secondary N) is 1. The molecule has 0 fully saturated rings. The van der Waals surface area contributed by atoms with Gasteiger partial charge in [0, 0.05) is 27.9 Å². The predicted molar refractivity (Wildman–Crippen MR) is 84.0 cm³/mol. The first-order valence-electron chi connectivity index (χ1n) is 8.76. The molecule has 0 atom stereocenters. The lowest BCUT2D eigenvalue weighted by atomic mass is 10.0. The van der Waals surface area contributed by atoms with E-state index in [1.807, 2.05) is 0 Å². The van der Waals surface area contributed by atoms with Crippen LogP contribution >= 0.6 is 0 Å². The van der Waals surface area contributed by atoms with Crippen LogP contribution < -0.4 is 0 Å². The minimum absolute atomic E-state index is 0.111. The summed E-state index contributed by atoms with van der Waals surface area (Å²) in [6.45, 7) is -3.47. The number of aryl methyl sites for hydroxylation is 2. The van der Waals surface area contributed by atoms with Gasteiger partial charge in [-0.05, 0) is 42.4 Å². The van der Waals surface area contributed by atoms with E-state index >= 15 is 0 Å². The molecule has 4 nitrogen and oxygen atoms in total. The number of carbonyl (C=O) groups excluding carboxylic acids is 1. The second kappa shape index (κ2) is 6.14. The van der Waals surface area contributed by atoms with Crippen LogP contribution in [0.15, 0.2) is 36.7 Å². The van der Waals surface area contributed by atoms with Crippen molar-refractivity contribution in [3.05, 3.63) is 53.5 Å². The van der Waals surface area contributed by atoms with E-state index < -0.39 is 19.6 Å². The lowest BCUT2D eigenvalue weighted by Gasteiger charge is -2.05. The largest absolute Gasteiger partial charge is 0.408 e. The zero-order valence-corrected chi connectivity index (χ0v) is 12.5. The van der Waals surface area contributed by atoms with Crippen LogP contribution in [-0.2, 0) is 13.0 Å². The van der Waals surface area contributed by atoms with Gasteiger partial charge in [-0.25, -0.2) is 0 Å². The fourth-order valence-corrected chi connectivity index (χ4v) is 2.52. The van der Waals surface area contributed by atoms with Crippen molar-refractivity contribution in [2.45, 2.75) is 32.4 Å². The smallest absolute Gasteiger partial charge is 0.359 e. The molecule has 0 saturated carbocycles. The summed E-state index contributed by atoms with van der Waals surface area (Å²) in [6, 6.07) is 6.87. The molecule has 0 radical (unpaired) electrons. The highest BCUT2D eigenvalue weighted by atomic mass is 19.4. The van der Waals surface area contributed by atoms with Gasteiger partial charge in [0.15, 0.2) is 5.78 Å². The van der Waals surface area contributed by atoms with Gasteiger partial charge in [-0.2, -0.15) is 18.3 Å². The number of H-pyrrole nitrogens is 1. The van der Waals surface area contributed by atoms with Crippen molar-refractivity contribution in [1.29, 1.82) is 0 Å². The van der Waals surface area contributed by atoms with Crippen LogP contribution in [0.1, 0.15) is 32.1 Å². The zero-order chi connectivity index (χ0) is 19.8. The number of aromatic nitrogens is 3. The molecule has 0 unspecified atom stereocenters. The van der Waals surface area contributed by atoms with Crippen LogP contribution in [0.5, 0.6) is 0 Å². The molecule has 1 aromatic carbocycles. The summed E-state index contributed by atoms with van der Waals surface area (Å²) in [6.07, 6.45) is -1.68. The van der Waals surface area contributed by atoms with Crippen molar-refractivity contribution in [1.82, 2.24) is 14.8 Å². The molecule has 1 N–H and O–H groups in total. The number of fused-ring (bicyclic) bond motifs is 1. The SMILES string of the molecule is [2H]C([2H])([2H])c1cc2cc(CCC(=O)c3cnn(CC(F)(F)F)c3)ccc2[nH]1. The van der Waals surface area contributed by atoms with E-state index in [1.54, 1.807) is 24.3 Å². The van der Waals surface area contributed by atoms with Gasteiger partial charge in [0.1, 0.15) is 6.54 Å². The average molecular weight is 338 g/mol. The molecule has 0 aliphatic heterocycles. The normalized spacial score (nSPS) is 14.4. The molecule has 7 heteroatoms. The lowest BCUT2D eigenvalue weighted by Crippen LogP contribution is -2.17. The summed E-state index contributed by atoms with van der Waals surface area (Å²) in [7, 11) is 0. The number of benzene rings is 1. The molecule has 0 spiro atoms. The first kappa shape index (κ1) is 12.8. The summed E-state index contributed by atoms with van der Waals surface area (Å²) >= 11 is 0. The van der Waals surface area contributed by atoms with E-state index in [2.05, 4.69) is 10.1 Å². The maximum absolute atomic E-state index is 12.3. The fraction of sp³-hybridized carbons (Fsp3) is 0.294. The number of halogens is 3. The Bertz CT molecular complexity index is 973. The molecule has 0 aliphatic rings. The number of carbonyl (C=O) groups is 1. The summed E-state index contributed by atoms with van der Waals surface area (Å²) in [4.78, 5) is 15.0. The Morgan fingerprint density at radius 2 is 2.21 bits per heavy atom. The van der Waals surface area contributed by atoms with Crippen LogP contribution in [0.25, 0.3) is 10.9 Å². The van der Waals surface area contributed by atoms with E-state index in [9.17, 15) is 18.0 Å². The molecule has 24 heavy (non-hydrogen) atoms. The number of hydrogen-bond acceptors (Lipinski definition) is 2. The quantitative estimate of drug-likeness (QED) is 0.714. The topological polar surface area (TPSA) is 50.7 Å². The van der Waals surface area contributed by atoms with E-state index in [1.165, 1.54) is 0 Å². The summed E-state index contributed by atoms with van der Waals surface area (Å²) in [5.41, 5.74) is 1.79. The molecule has 0 aliphatic carbocycles. The molecule has 3 aromatic rings. The van der Waals surface area contributed by atoms with Crippen molar-refractivity contribution >= 4 is 16.7 Å². The van der Waals surface area contributed by atoms with Gasteiger partial charge >= 0.3 is 6.18 Å². The summed E-state index contributed by atoms with van der Waals surface area (Å²) in [5.74, 6) is -0.305. The van der Waals surface area contributed by atoms with E-state index in [0.717, 1.165) is 23.3 Å². The first-order valence-corrected chi connectivity index (χ1v) is 7.26. The third-order valence-corrected chi connectivity index (χ3v) is 3.62. The highest BCUT2D eigenvalue weighted by molar-refractivity contribution is 5.95. The van der Waals surface area contributed by atoms with Crippen molar-refractivity contribution in [3.63, 3.8) is 0 Å². The van der Waals surface area contributed by atoms with Gasteiger partial charge < -0.3 is 4.98 Å². The molecule has 3 rings (SSSR count). The van der Waals surface area contributed by atoms with Crippen LogP contribution in [0.2, 0.25) is 0 Å². The number of ketones is 1. The molecule has 126 valence electrons. The molecule has 0 amide bonds. The van der Waals surface area contributed by atoms with Crippen LogP contribution in [0.4, 0.5) is 13.2 Å². The van der Waals surface area contributed by atoms with Gasteiger partial charge in [-0.15, -0.1) is 0 Å². The Morgan fingerprint density at radius 1 is 1.38 bits per heavy atom. The third kappa shape index (κ3) is 3.84. The van der Waals surface area contributed by atoms with Gasteiger partial charge in [0.2, 0.25) is 0 Å². The Balaban J connectivity index is 1.66. The standard InChI is InChI=1S/C17H16F3N3O/c1-11-6-13-7-12(2-4-15(13)22-11)3-5-16(24)14-8-21-23(9-14)10-17(18,19)20/h2,4,6-9,22H,3,5,10H2,1H3/i1D3. The Kier molecular flexibility index (Phi) is 3.28. The van der Waals surface area contributed by atoms with Crippen LogP contribution in [0, 0.1) is 6.85 Å². The number of hydrogen-bond donors (Lipinski definition) is 1. The van der Waals surface area contributed by atoms with E-state index in [-0.39, 0.29) is 23.5 Å². The number of aromatic amines is 1. The van der Waals surface area contributed by atoms with Crippen LogP contribution in [-0.4, -0.2) is 26.7 Å². The predicted octanol–water partition coefficient (Wildman–Crippen LogP) is 4.05. The number of Topliss-reactive ketones (excluding diaryl/α,β-unsaturated/α-hetero) is 1. The second-order valence-electron chi connectivity index (χ2n) is 5.57. The van der Waals surface area contributed by atoms with Gasteiger partial charge in [0.25, 0.3) is 0 Å². The first-order chi connectivity index (χ1) is 12.5. The molecule has 0 saturated heterocycles. The van der Waals surface area contributed by atoms with Crippen molar-refractivity contribution in [2.75, 3.05) is 0 Å².